The highest BCUT2D eigenvalue weighted by molar-refractivity contribution is 6.36. The normalized spacial score (nSPS) is 28.3. The maximum Gasteiger partial charge on any atom is 0.239 e. The second-order valence-electron chi connectivity index (χ2n) is 8.25. The lowest BCUT2D eigenvalue weighted by atomic mass is 9.47. The molecule has 2 bridgehead atoms. The maximum atomic E-state index is 13.8. The highest BCUT2D eigenvalue weighted by Gasteiger charge is 2.68. The Labute approximate surface area is 178 Å². The Kier molecular flexibility index (Phi) is 3.59. The van der Waals surface area contributed by atoms with Gasteiger partial charge in [-0.3, -0.25) is 9.59 Å². The van der Waals surface area contributed by atoms with Crippen LogP contribution >= 0.6 is 11.6 Å². The summed E-state index contributed by atoms with van der Waals surface area (Å²) in [5.41, 5.74) is 3.39. The van der Waals surface area contributed by atoms with Gasteiger partial charge < -0.3 is 5.11 Å². The average molecular weight is 416 g/mol. The van der Waals surface area contributed by atoms with E-state index in [0.29, 0.717) is 10.7 Å². The zero-order valence-electron chi connectivity index (χ0n) is 16.0. The van der Waals surface area contributed by atoms with Gasteiger partial charge in [-0.25, -0.2) is 4.90 Å². The summed E-state index contributed by atoms with van der Waals surface area (Å²) < 4.78 is 0. The lowest BCUT2D eigenvalue weighted by molar-refractivity contribution is -0.124. The van der Waals surface area contributed by atoms with Gasteiger partial charge in [0.2, 0.25) is 11.8 Å². The molecule has 2 atom stereocenters. The number of rotatable bonds is 2. The zero-order chi connectivity index (χ0) is 20.6. The SMILES string of the molecule is O=C1[C@@H]2C3c4ccccc4C(CO)(c4ccccc43)[C@@H]2C(=O)N1c1ccccc1Cl. The van der Waals surface area contributed by atoms with Crippen LogP contribution in [0.25, 0.3) is 0 Å². The van der Waals surface area contributed by atoms with Gasteiger partial charge in [0.05, 0.1) is 34.6 Å². The molecule has 3 aliphatic carbocycles. The third kappa shape index (κ3) is 1.91. The first-order chi connectivity index (χ1) is 14.6. The number of anilines is 1. The number of para-hydroxylation sites is 1. The third-order valence-corrected chi connectivity index (χ3v) is 7.46. The second kappa shape index (κ2) is 6.03. The van der Waals surface area contributed by atoms with Crippen LogP contribution in [0.5, 0.6) is 0 Å². The van der Waals surface area contributed by atoms with Gasteiger partial charge in [0, 0.05) is 5.92 Å². The lowest BCUT2D eigenvalue weighted by Crippen LogP contribution is -2.55. The number of nitrogens with zero attached hydrogens (tertiary/aromatic N) is 1. The summed E-state index contributed by atoms with van der Waals surface area (Å²) in [4.78, 5) is 28.8. The van der Waals surface area contributed by atoms with E-state index in [1.165, 1.54) is 4.90 Å². The summed E-state index contributed by atoms with van der Waals surface area (Å²) in [6.07, 6.45) is 0. The lowest BCUT2D eigenvalue weighted by Gasteiger charge is -2.53. The predicted molar refractivity (Wildman–Crippen MR) is 114 cm³/mol. The molecule has 4 nitrogen and oxygen atoms in total. The number of carbonyl (C=O) groups is 2. The number of carbonyl (C=O) groups excluding carboxylic acids is 2. The van der Waals surface area contributed by atoms with Crippen molar-refractivity contribution in [2.45, 2.75) is 11.3 Å². The van der Waals surface area contributed by atoms with Crippen molar-refractivity contribution in [2.24, 2.45) is 11.8 Å². The number of amides is 2. The molecule has 0 spiro atoms. The molecule has 1 N–H and O–H groups in total. The molecule has 148 valence electrons. The Bertz CT molecular complexity index is 1190. The molecular formula is C25H18ClNO3. The van der Waals surface area contributed by atoms with Crippen LogP contribution in [0.1, 0.15) is 28.2 Å². The molecule has 0 aromatic heterocycles. The summed E-state index contributed by atoms with van der Waals surface area (Å²) in [5, 5.41) is 11.2. The monoisotopic (exact) mass is 415 g/mol. The Morgan fingerprint density at radius 1 is 0.833 bits per heavy atom. The zero-order valence-corrected chi connectivity index (χ0v) is 16.7. The van der Waals surface area contributed by atoms with E-state index < -0.39 is 17.3 Å². The molecule has 0 unspecified atom stereocenters. The van der Waals surface area contributed by atoms with Crippen molar-refractivity contribution in [1.29, 1.82) is 0 Å². The topological polar surface area (TPSA) is 57.6 Å². The molecule has 1 heterocycles. The van der Waals surface area contributed by atoms with E-state index in [9.17, 15) is 14.7 Å². The fourth-order valence-electron chi connectivity index (χ4n) is 6.07. The minimum Gasteiger partial charge on any atom is -0.395 e. The number of aliphatic hydroxyl groups is 1. The molecule has 1 fully saturated rings. The summed E-state index contributed by atoms with van der Waals surface area (Å²) in [5.74, 6) is -1.99. The van der Waals surface area contributed by atoms with Crippen LogP contribution < -0.4 is 4.90 Å². The number of hydrogen-bond donors (Lipinski definition) is 1. The highest BCUT2D eigenvalue weighted by atomic mass is 35.5. The van der Waals surface area contributed by atoms with Gasteiger partial charge in [-0.1, -0.05) is 72.3 Å². The van der Waals surface area contributed by atoms with E-state index in [0.717, 1.165) is 22.3 Å². The van der Waals surface area contributed by atoms with E-state index in [1.54, 1.807) is 24.3 Å². The Balaban J connectivity index is 1.66. The average Bonchev–Trinajstić information content (AvgIpc) is 3.05. The van der Waals surface area contributed by atoms with E-state index in [2.05, 4.69) is 0 Å². The van der Waals surface area contributed by atoms with Crippen molar-refractivity contribution >= 4 is 29.1 Å². The summed E-state index contributed by atoms with van der Waals surface area (Å²) >= 11 is 6.37. The molecule has 1 saturated heterocycles. The van der Waals surface area contributed by atoms with Crippen molar-refractivity contribution in [3.8, 4) is 0 Å². The minimum atomic E-state index is -0.949. The molecular weight excluding hydrogens is 398 g/mol. The molecule has 4 aliphatic rings. The number of halogens is 1. The molecule has 1 aliphatic heterocycles. The maximum absolute atomic E-state index is 13.8. The Morgan fingerprint density at radius 3 is 2.00 bits per heavy atom. The van der Waals surface area contributed by atoms with E-state index in [4.69, 9.17) is 11.6 Å². The van der Waals surface area contributed by atoms with Crippen LogP contribution in [0.4, 0.5) is 5.69 Å². The largest absolute Gasteiger partial charge is 0.395 e. The predicted octanol–water partition coefficient (Wildman–Crippen LogP) is 3.88. The highest BCUT2D eigenvalue weighted by Crippen LogP contribution is 2.64. The number of aliphatic hydroxyl groups excluding tert-OH is 1. The third-order valence-electron chi connectivity index (χ3n) is 7.14. The first-order valence-electron chi connectivity index (χ1n) is 10.0. The summed E-state index contributed by atoms with van der Waals surface area (Å²) in [7, 11) is 0. The summed E-state index contributed by atoms with van der Waals surface area (Å²) in [6, 6.07) is 22.7. The van der Waals surface area contributed by atoms with Gasteiger partial charge in [0.25, 0.3) is 0 Å². The number of benzene rings is 3. The van der Waals surface area contributed by atoms with Crippen molar-refractivity contribution in [3.05, 3.63) is 100 Å². The Morgan fingerprint density at radius 2 is 1.40 bits per heavy atom. The van der Waals surface area contributed by atoms with E-state index >= 15 is 0 Å². The van der Waals surface area contributed by atoms with Gasteiger partial charge >= 0.3 is 0 Å². The van der Waals surface area contributed by atoms with Crippen molar-refractivity contribution in [2.75, 3.05) is 11.5 Å². The van der Waals surface area contributed by atoms with Crippen molar-refractivity contribution < 1.29 is 14.7 Å². The molecule has 0 radical (unpaired) electrons. The molecule has 3 aromatic rings. The van der Waals surface area contributed by atoms with Crippen LogP contribution in [-0.2, 0) is 15.0 Å². The first-order valence-corrected chi connectivity index (χ1v) is 10.4. The molecule has 7 rings (SSSR count). The van der Waals surface area contributed by atoms with Crippen molar-refractivity contribution in [1.82, 2.24) is 0 Å². The van der Waals surface area contributed by atoms with Crippen LogP contribution in [-0.4, -0.2) is 23.5 Å². The fraction of sp³-hybridized carbons (Fsp3) is 0.200. The van der Waals surface area contributed by atoms with Gasteiger partial charge in [0.15, 0.2) is 0 Å². The quantitative estimate of drug-likeness (QED) is 0.646. The van der Waals surface area contributed by atoms with Gasteiger partial charge in [0.1, 0.15) is 0 Å². The standard InChI is InChI=1S/C25H18ClNO3/c26-18-11-5-6-12-19(18)27-23(29)21-20-14-7-1-3-9-16(14)25(13-28,22(21)24(27)30)17-10-4-2-8-15(17)20/h1-12,20-22,28H,13H2/t20?,21-,22+,25?/m1/s1. The van der Waals surface area contributed by atoms with Crippen LogP contribution in [0.15, 0.2) is 72.8 Å². The fourth-order valence-corrected chi connectivity index (χ4v) is 6.29. The molecule has 3 aromatic carbocycles. The molecule has 2 amide bonds. The van der Waals surface area contributed by atoms with E-state index in [-0.39, 0.29) is 24.3 Å². The Hall–Kier alpha value is -2.95. The van der Waals surface area contributed by atoms with Gasteiger partial charge in [-0.05, 0) is 34.4 Å². The smallest absolute Gasteiger partial charge is 0.239 e. The van der Waals surface area contributed by atoms with Gasteiger partial charge in [-0.15, -0.1) is 0 Å². The van der Waals surface area contributed by atoms with Crippen LogP contribution in [0, 0.1) is 11.8 Å². The minimum absolute atomic E-state index is 0.222. The molecule has 30 heavy (non-hydrogen) atoms. The number of hydrogen-bond acceptors (Lipinski definition) is 3. The van der Waals surface area contributed by atoms with E-state index in [1.807, 2.05) is 48.5 Å². The summed E-state index contributed by atoms with van der Waals surface area (Å²) in [6.45, 7) is -0.246. The first kappa shape index (κ1) is 17.9. The van der Waals surface area contributed by atoms with Crippen LogP contribution in [0.2, 0.25) is 5.02 Å². The molecule has 5 heteroatoms. The van der Waals surface area contributed by atoms with Crippen molar-refractivity contribution in [3.63, 3.8) is 0 Å². The number of imide groups is 1. The second-order valence-corrected chi connectivity index (χ2v) is 8.66. The van der Waals surface area contributed by atoms with Crippen LogP contribution in [0.3, 0.4) is 0 Å². The molecule has 0 saturated carbocycles. The van der Waals surface area contributed by atoms with Gasteiger partial charge in [-0.2, -0.15) is 0 Å².